The molecule has 0 saturated heterocycles. The number of rotatable bonds is 6. The normalized spacial score (nSPS) is 14.2. The number of halogens is 2. The van der Waals surface area contributed by atoms with Crippen LogP contribution in [-0.4, -0.2) is 27.2 Å². The molecule has 1 aromatic heterocycles. The van der Waals surface area contributed by atoms with Gasteiger partial charge in [-0.15, -0.1) is 0 Å². The van der Waals surface area contributed by atoms with E-state index in [0.717, 1.165) is 18.2 Å². The maximum atomic E-state index is 13.5. The maximum Gasteiger partial charge on any atom is 0.129 e. The van der Waals surface area contributed by atoms with Crippen molar-refractivity contribution in [1.29, 1.82) is 0 Å². The molecule has 108 valence electrons. The molecule has 0 saturated carbocycles. The third kappa shape index (κ3) is 3.85. The highest BCUT2D eigenvalue weighted by Crippen LogP contribution is 2.17. The van der Waals surface area contributed by atoms with Gasteiger partial charge in [0.15, 0.2) is 0 Å². The van der Waals surface area contributed by atoms with Crippen molar-refractivity contribution >= 4 is 0 Å². The fourth-order valence-electron chi connectivity index (χ4n) is 1.97. The van der Waals surface area contributed by atoms with Crippen LogP contribution in [0.15, 0.2) is 36.9 Å². The quantitative estimate of drug-likeness (QED) is 0.850. The zero-order chi connectivity index (χ0) is 14.5. The van der Waals surface area contributed by atoms with E-state index in [4.69, 9.17) is 0 Å². The van der Waals surface area contributed by atoms with Crippen LogP contribution >= 0.6 is 0 Å². The summed E-state index contributed by atoms with van der Waals surface area (Å²) in [6.45, 7) is 2.77. The second-order valence-corrected chi connectivity index (χ2v) is 4.75. The van der Waals surface area contributed by atoms with Gasteiger partial charge < -0.3 is 15.0 Å². The second-order valence-electron chi connectivity index (χ2n) is 4.75. The largest absolute Gasteiger partial charge is 0.387 e. The molecule has 2 unspecified atom stereocenters. The Hall–Kier alpha value is -1.79. The molecule has 2 aromatic rings. The van der Waals surface area contributed by atoms with Crippen LogP contribution in [0.5, 0.6) is 0 Å². The van der Waals surface area contributed by atoms with E-state index in [1.54, 1.807) is 12.5 Å². The standard InChI is InChI=1S/C14H17F2N3O/c1-10(8-19-5-4-17-9-19)18-7-14(20)12-6-11(15)2-3-13(12)16/h2-6,9-10,14,18,20H,7-8H2,1H3. The predicted molar refractivity (Wildman–Crippen MR) is 71.0 cm³/mol. The summed E-state index contributed by atoms with van der Waals surface area (Å²) >= 11 is 0. The van der Waals surface area contributed by atoms with Crippen molar-refractivity contribution in [2.75, 3.05) is 6.54 Å². The number of nitrogens with one attached hydrogen (secondary N) is 1. The lowest BCUT2D eigenvalue weighted by atomic mass is 10.1. The Morgan fingerprint density at radius 2 is 2.20 bits per heavy atom. The highest BCUT2D eigenvalue weighted by atomic mass is 19.1. The van der Waals surface area contributed by atoms with E-state index in [0.29, 0.717) is 6.54 Å². The van der Waals surface area contributed by atoms with Gasteiger partial charge in [0, 0.05) is 37.1 Å². The summed E-state index contributed by atoms with van der Waals surface area (Å²) in [5.74, 6) is -1.17. The molecule has 0 bridgehead atoms. The number of nitrogens with zero attached hydrogens (tertiary/aromatic N) is 2. The van der Waals surface area contributed by atoms with Crippen LogP contribution in [0.3, 0.4) is 0 Å². The van der Waals surface area contributed by atoms with Gasteiger partial charge in [0.1, 0.15) is 11.6 Å². The molecule has 4 nitrogen and oxygen atoms in total. The molecule has 2 atom stereocenters. The molecule has 0 aliphatic rings. The van der Waals surface area contributed by atoms with Crippen molar-refractivity contribution < 1.29 is 13.9 Å². The lowest BCUT2D eigenvalue weighted by Gasteiger charge is -2.18. The van der Waals surface area contributed by atoms with Crippen LogP contribution in [0.2, 0.25) is 0 Å². The molecule has 0 aliphatic heterocycles. The molecule has 2 rings (SSSR count). The second kappa shape index (κ2) is 6.58. The van der Waals surface area contributed by atoms with Gasteiger partial charge in [-0.05, 0) is 25.1 Å². The number of aliphatic hydroxyl groups is 1. The number of hydrogen-bond donors (Lipinski definition) is 2. The van der Waals surface area contributed by atoms with E-state index >= 15 is 0 Å². The number of aromatic nitrogens is 2. The minimum atomic E-state index is -1.09. The van der Waals surface area contributed by atoms with Crippen LogP contribution < -0.4 is 5.32 Å². The number of imidazole rings is 1. The minimum Gasteiger partial charge on any atom is -0.387 e. The average Bonchev–Trinajstić information content (AvgIpc) is 2.91. The van der Waals surface area contributed by atoms with E-state index in [-0.39, 0.29) is 18.2 Å². The molecular weight excluding hydrogens is 264 g/mol. The van der Waals surface area contributed by atoms with Gasteiger partial charge in [0.25, 0.3) is 0 Å². The fraction of sp³-hybridized carbons (Fsp3) is 0.357. The molecule has 1 aromatic carbocycles. The SMILES string of the molecule is CC(Cn1ccnc1)NCC(O)c1cc(F)ccc1F. The van der Waals surface area contributed by atoms with Crippen molar-refractivity contribution in [3.8, 4) is 0 Å². The smallest absolute Gasteiger partial charge is 0.129 e. The van der Waals surface area contributed by atoms with E-state index in [9.17, 15) is 13.9 Å². The fourth-order valence-corrected chi connectivity index (χ4v) is 1.97. The van der Waals surface area contributed by atoms with Gasteiger partial charge in [-0.25, -0.2) is 13.8 Å². The monoisotopic (exact) mass is 281 g/mol. The van der Waals surface area contributed by atoms with Crippen molar-refractivity contribution in [3.63, 3.8) is 0 Å². The molecule has 0 amide bonds. The minimum absolute atomic E-state index is 0.0349. The molecule has 20 heavy (non-hydrogen) atoms. The van der Waals surface area contributed by atoms with Crippen molar-refractivity contribution in [1.82, 2.24) is 14.9 Å². The van der Waals surface area contributed by atoms with Crippen molar-refractivity contribution in [2.24, 2.45) is 0 Å². The highest BCUT2D eigenvalue weighted by Gasteiger charge is 2.14. The number of benzene rings is 1. The van der Waals surface area contributed by atoms with Crippen molar-refractivity contribution in [2.45, 2.75) is 25.6 Å². The van der Waals surface area contributed by atoms with E-state index in [2.05, 4.69) is 10.3 Å². The first-order valence-corrected chi connectivity index (χ1v) is 6.38. The van der Waals surface area contributed by atoms with Gasteiger partial charge >= 0.3 is 0 Å². The Morgan fingerprint density at radius 1 is 1.40 bits per heavy atom. The summed E-state index contributed by atoms with van der Waals surface area (Å²) in [4.78, 5) is 3.93. The summed E-state index contributed by atoms with van der Waals surface area (Å²) in [5.41, 5.74) is -0.0349. The molecule has 2 N–H and O–H groups in total. The lowest BCUT2D eigenvalue weighted by molar-refractivity contribution is 0.164. The molecule has 1 heterocycles. The highest BCUT2D eigenvalue weighted by molar-refractivity contribution is 5.21. The van der Waals surface area contributed by atoms with E-state index in [1.807, 2.05) is 17.7 Å². The summed E-state index contributed by atoms with van der Waals surface area (Å²) in [7, 11) is 0. The molecular formula is C14H17F2N3O. The Balaban J connectivity index is 1.88. The van der Waals surface area contributed by atoms with Gasteiger partial charge in [0.05, 0.1) is 12.4 Å². The van der Waals surface area contributed by atoms with Crippen LogP contribution in [0.25, 0.3) is 0 Å². The number of hydrogen-bond acceptors (Lipinski definition) is 3. The predicted octanol–water partition coefficient (Wildman–Crippen LogP) is 1.87. The van der Waals surface area contributed by atoms with E-state index in [1.165, 1.54) is 0 Å². The first-order chi connectivity index (χ1) is 9.56. The third-order valence-electron chi connectivity index (χ3n) is 3.02. The summed E-state index contributed by atoms with van der Waals surface area (Å²) in [6, 6.07) is 3.13. The van der Waals surface area contributed by atoms with Crippen LogP contribution in [0.1, 0.15) is 18.6 Å². The Morgan fingerprint density at radius 3 is 2.90 bits per heavy atom. The molecule has 6 heteroatoms. The first-order valence-electron chi connectivity index (χ1n) is 6.38. The van der Waals surface area contributed by atoms with Gasteiger partial charge in [-0.3, -0.25) is 0 Å². The van der Waals surface area contributed by atoms with Crippen LogP contribution in [-0.2, 0) is 6.54 Å². The Bertz CT molecular complexity index is 545. The molecule has 0 fully saturated rings. The lowest BCUT2D eigenvalue weighted by Crippen LogP contribution is -2.33. The topological polar surface area (TPSA) is 50.1 Å². The Kier molecular flexibility index (Phi) is 4.81. The zero-order valence-electron chi connectivity index (χ0n) is 11.1. The van der Waals surface area contributed by atoms with Gasteiger partial charge in [-0.2, -0.15) is 0 Å². The number of aliphatic hydroxyl groups excluding tert-OH is 1. The molecule has 0 spiro atoms. The zero-order valence-corrected chi connectivity index (χ0v) is 11.1. The van der Waals surface area contributed by atoms with Gasteiger partial charge in [-0.1, -0.05) is 0 Å². The average molecular weight is 281 g/mol. The van der Waals surface area contributed by atoms with Crippen LogP contribution in [0, 0.1) is 11.6 Å². The Labute approximate surface area is 116 Å². The van der Waals surface area contributed by atoms with Crippen LogP contribution in [0.4, 0.5) is 8.78 Å². The van der Waals surface area contributed by atoms with Gasteiger partial charge in [0.2, 0.25) is 0 Å². The molecule has 0 radical (unpaired) electrons. The molecule has 0 aliphatic carbocycles. The third-order valence-corrected chi connectivity index (χ3v) is 3.02. The van der Waals surface area contributed by atoms with E-state index < -0.39 is 17.7 Å². The first kappa shape index (κ1) is 14.6. The summed E-state index contributed by atoms with van der Waals surface area (Å²) in [6.07, 6.45) is 4.13. The maximum absolute atomic E-state index is 13.5. The van der Waals surface area contributed by atoms with Crippen molar-refractivity contribution in [3.05, 3.63) is 54.1 Å². The summed E-state index contributed by atoms with van der Waals surface area (Å²) in [5, 5.41) is 13.0. The summed E-state index contributed by atoms with van der Waals surface area (Å²) < 4.78 is 28.4.